The van der Waals surface area contributed by atoms with Gasteiger partial charge in [-0.05, 0) is 0 Å². The van der Waals surface area contributed by atoms with Gasteiger partial charge in [-0.25, -0.2) is 0 Å². The zero-order valence-corrected chi connectivity index (χ0v) is 35.0. The molecule has 0 atom stereocenters. The van der Waals surface area contributed by atoms with Crippen molar-refractivity contribution < 1.29 is 0 Å². The Labute approximate surface area is 346 Å². The molecule has 59 heavy (non-hydrogen) atoms. The van der Waals surface area contributed by atoms with Crippen LogP contribution in [-0.2, 0) is 5.41 Å². The second-order valence-electron chi connectivity index (χ2n) is 16.5. The summed E-state index contributed by atoms with van der Waals surface area (Å²) in [5, 5.41) is 2.54. The third-order valence-electron chi connectivity index (χ3n) is 13.1. The topological polar surface area (TPSA) is 30.7 Å². The van der Waals surface area contributed by atoms with Gasteiger partial charge >= 0.3 is 342 Å². The summed E-state index contributed by atoms with van der Waals surface area (Å²) in [4.78, 5) is 11.1. The second kappa shape index (κ2) is 12.8. The monoisotopic (exact) mass is 815 g/mol. The first-order valence-corrected chi connectivity index (χ1v) is 24.7. The summed E-state index contributed by atoms with van der Waals surface area (Å²) in [5.74, 6) is 0.747. The molecule has 2 aromatic heterocycles. The molecule has 3 heterocycles. The summed E-state index contributed by atoms with van der Waals surface area (Å²) in [5.41, 5.74) is 14.3. The Balaban J connectivity index is 1.14. The van der Waals surface area contributed by atoms with Crippen molar-refractivity contribution in [1.29, 1.82) is 0 Å². The maximum atomic E-state index is 5.62. The third-order valence-corrected chi connectivity index (χ3v) is 23.3. The molecule has 2 aliphatic rings. The molecular formula is C55H39GeN3. The Morgan fingerprint density at radius 1 is 0.458 bits per heavy atom. The molecule has 8 aromatic carbocycles. The van der Waals surface area contributed by atoms with E-state index in [1.54, 1.807) is 0 Å². The molecule has 0 bridgehead atoms. The number of benzene rings is 8. The first kappa shape index (κ1) is 34.2. The molecule has 0 amide bonds. The number of hydrogen-bond donors (Lipinski definition) is 0. The van der Waals surface area contributed by atoms with Crippen LogP contribution >= 0.6 is 0 Å². The summed E-state index contributed by atoms with van der Waals surface area (Å²) in [6, 6.07) is 73.7. The van der Waals surface area contributed by atoms with E-state index in [1.165, 1.54) is 67.2 Å². The molecule has 4 heteroatoms. The van der Waals surface area contributed by atoms with E-state index < -0.39 is 13.3 Å². The molecule has 1 aliphatic heterocycles. The molecule has 278 valence electrons. The molecular weight excluding hydrogens is 775 g/mol. The van der Waals surface area contributed by atoms with Crippen molar-refractivity contribution in [1.82, 2.24) is 14.5 Å². The van der Waals surface area contributed by atoms with Crippen molar-refractivity contribution in [3.05, 3.63) is 211 Å². The van der Waals surface area contributed by atoms with Gasteiger partial charge in [-0.2, -0.15) is 0 Å². The Morgan fingerprint density at radius 2 is 1.05 bits per heavy atom. The van der Waals surface area contributed by atoms with Crippen molar-refractivity contribution in [2.24, 2.45) is 0 Å². The maximum absolute atomic E-state index is 5.62. The van der Waals surface area contributed by atoms with Crippen LogP contribution in [0.1, 0.15) is 25.0 Å². The van der Waals surface area contributed by atoms with Crippen molar-refractivity contribution in [2.45, 2.75) is 19.3 Å². The molecule has 3 nitrogen and oxygen atoms in total. The molecule has 12 rings (SSSR count). The van der Waals surface area contributed by atoms with Crippen LogP contribution < -0.4 is 17.6 Å². The Morgan fingerprint density at radius 3 is 1.78 bits per heavy atom. The van der Waals surface area contributed by atoms with Crippen LogP contribution in [0.5, 0.6) is 0 Å². The summed E-state index contributed by atoms with van der Waals surface area (Å²) in [6.45, 7) is 4.73. The fourth-order valence-electron chi connectivity index (χ4n) is 10.5. The van der Waals surface area contributed by atoms with Crippen LogP contribution in [0.2, 0.25) is 0 Å². The number of rotatable bonds is 5. The van der Waals surface area contributed by atoms with Crippen LogP contribution in [0, 0.1) is 0 Å². The van der Waals surface area contributed by atoms with Gasteiger partial charge in [0.25, 0.3) is 0 Å². The minimum atomic E-state index is -3.70. The van der Waals surface area contributed by atoms with Crippen molar-refractivity contribution in [2.75, 3.05) is 0 Å². The van der Waals surface area contributed by atoms with Gasteiger partial charge in [-0.1, -0.05) is 6.07 Å². The van der Waals surface area contributed by atoms with Gasteiger partial charge in [0, 0.05) is 0 Å². The van der Waals surface area contributed by atoms with Gasteiger partial charge in [0.1, 0.15) is 0 Å². The van der Waals surface area contributed by atoms with E-state index in [0.29, 0.717) is 0 Å². The van der Waals surface area contributed by atoms with Crippen LogP contribution in [0.25, 0.3) is 72.5 Å². The summed E-state index contributed by atoms with van der Waals surface area (Å²) in [6.07, 6.45) is 0. The average Bonchev–Trinajstić information content (AvgIpc) is 3.89. The molecule has 0 unspecified atom stereocenters. The minimum absolute atomic E-state index is 0.0953. The Kier molecular flexibility index (Phi) is 7.45. The van der Waals surface area contributed by atoms with E-state index in [0.717, 1.165) is 34.0 Å². The number of fused-ring (bicyclic) bond motifs is 10. The van der Waals surface area contributed by atoms with Gasteiger partial charge in [0.05, 0.1) is 0 Å². The molecule has 10 aromatic rings. The van der Waals surface area contributed by atoms with Crippen LogP contribution in [0.15, 0.2) is 200 Å². The van der Waals surface area contributed by atoms with E-state index >= 15 is 0 Å². The van der Waals surface area contributed by atoms with E-state index in [4.69, 9.17) is 9.97 Å². The fourth-order valence-corrected chi connectivity index (χ4v) is 21.5. The molecule has 0 N–H and O–H groups in total. The van der Waals surface area contributed by atoms with Crippen molar-refractivity contribution in [3.8, 4) is 50.7 Å². The van der Waals surface area contributed by atoms with Crippen molar-refractivity contribution >= 4 is 52.7 Å². The zero-order valence-electron chi connectivity index (χ0n) is 32.9. The standard InChI is InChI=1S/C55H39GeN3/c1-55(2)45-27-15-12-25-43(45)49-46(55)35-34-42-41-24-14-17-29-48(41)59(53(42)49)40-32-30-36(31-33-40)51-50-52(58-54(57-51)37-18-6-3-7-19-37)44-26-13-16-28-47(44)56(50,38-20-8-4-9-21-38)39-22-10-5-11-23-39/h3-35H,1-2H3. The van der Waals surface area contributed by atoms with Gasteiger partial charge in [-0.3, -0.25) is 0 Å². The Hall–Kier alpha value is -6.82. The normalized spacial score (nSPS) is 14.2. The quantitative estimate of drug-likeness (QED) is 0.162. The number of hydrogen-bond acceptors (Lipinski definition) is 2. The van der Waals surface area contributed by atoms with Gasteiger partial charge in [0.2, 0.25) is 0 Å². The molecule has 0 saturated carbocycles. The predicted molar refractivity (Wildman–Crippen MR) is 247 cm³/mol. The summed E-state index contributed by atoms with van der Waals surface area (Å²) >= 11 is -3.70. The fraction of sp³-hybridized carbons (Fsp3) is 0.0545. The average molecular weight is 815 g/mol. The van der Waals surface area contributed by atoms with Crippen LogP contribution in [-0.4, -0.2) is 27.8 Å². The molecule has 0 spiro atoms. The first-order chi connectivity index (χ1) is 29.0. The van der Waals surface area contributed by atoms with Gasteiger partial charge < -0.3 is 0 Å². The third kappa shape index (κ3) is 4.77. The van der Waals surface area contributed by atoms with Gasteiger partial charge in [0.15, 0.2) is 0 Å². The van der Waals surface area contributed by atoms with Gasteiger partial charge in [-0.15, -0.1) is 0 Å². The second-order valence-corrected chi connectivity index (χ2v) is 24.2. The van der Waals surface area contributed by atoms with Crippen molar-refractivity contribution in [3.63, 3.8) is 0 Å². The van der Waals surface area contributed by atoms with Crippen LogP contribution in [0.4, 0.5) is 0 Å². The molecule has 0 radical (unpaired) electrons. The van der Waals surface area contributed by atoms with E-state index in [-0.39, 0.29) is 5.41 Å². The first-order valence-electron chi connectivity index (χ1n) is 20.5. The number of aromatic nitrogens is 3. The van der Waals surface area contributed by atoms with Crippen LogP contribution in [0.3, 0.4) is 0 Å². The van der Waals surface area contributed by atoms with E-state index in [9.17, 15) is 0 Å². The zero-order chi connectivity index (χ0) is 39.3. The molecule has 1 aliphatic carbocycles. The molecule has 0 fully saturated rings. The number of nitrogens with zero attached hydrogens (tertiary/aromatic N) is 3. The molecule has 0 saturated heterocycles. The Bertz CT molecular complexity index is 3240. The SMILES string of the molecule is CC1(C)c2ccccc2-c2c1ccc1c3ccccc3n(-c3ccc(-c4nc(-c5ccccc5)nc5[c]4[Ge]([c]4ccccc4)([c]4ccccc4)[c]4ccccc4-5)cc3)c21. The van der Waals surface area contributed by atoms with E-state index in [2.05, 4.69) is 219 Å². The number of para-hydroxylation sites is 1. The summed E-state index contributed by atoms with van der Waals surface area (Å²) < 4.78 is 7.95. The predicted octanol–water partition coefficient (Wildman–Crippen LogP) is 10.6. The summed E-state index contributed by atoms with van der Waals surface area (Å²) in [7, 11) is 0. The van der Waals surface area contributed by atoms with E-state index in [1.807, 2.05) is 0 Å².